The summed E-state index contributed by atoms with van der Waals surface area (Å²) in [5.41, 5.74) is 5.61. The lowest BCUT2D eigenvalue weighted by Crippen LogP contribution is -2.11. The summed E-state index contributed by atoms with van der Waals surface area (Å²) in [4.78, 5) is 0. The highest BCUT2D eigenvalue weighted by molar-refractivity contribution is 5.27. The largest absolute Gasteiger partial charge is 0.493 e. The third-order valence-corrected chi connectivity index (χ3v) is 4.95. The zero-order valence-electron chi connectivity index (χ0n) is 19.1. The predicted molar refractivity (Wildman–Crippen MR) is 124 cm³/mol. The van der Waals surface area contributed by atoms with Crippen molar-refractivity contribution in [3.05, 3.63) is 77.4 Å². The molecule has 0 amide bonds. The molecule has 0 fully saturated rings. The fraction of sp³-hybridized carbons (Fsp3) is 0.481. The van der Waals surface area contributed by atoms with Crippen LogP contribution in [0.25, 0.3) is 0 Å². The maximum absolute atomic E-state index is 5.82. The second kappa shape index (κ2) is 11.7. The zero-order chi connectivity index (χ0) is 21.2. The van der Waals surface area contributed by atoms with Crippen LogP contribution >= 0.6 is 0 Å². The van der Waals surface area contributed by atoms with Crippen molar-refractivity contribution in [2.24, 2.45) is 5.92 Å². The van der Waals surface area contributed by atoms with Gasteiger partial charge in [-0.3, -0.25) is 0 Å². The molecule has 0 N–H and O–H groups in total. The van der Waals surface area contributed by atoms with Gasteiger partial charge in [-0.25, -0.2) is 0 Å². The lowest BCUT2D eigenvalue weighted by atomic mass is 9.87. The molecular formula is C27H40O. The van der Waals surface area contributed by atoms with E-state index in [4.69, 9.17) is 4.74 Å². The second-order valence-electron chi connectivity index (χ2n) is 8.86. The van der Waals surface area contributed by atoms with Gasteiger partial charge in [0.05, 0.1) is 6.61 Å². The monoisotopic (exact) mass is 380 g/mol. The van der Waals surface area contributed by atoms with E-state index in [1.165, 1.54) is 22.3 Å². The summed E-state index contributed by atoms with van der Waals surface area (Å²) in [7, 11) is 0. The summed E-state index contributed by atoms with van der Waals surface area (Å²) < 4.78 is 5.82. The van der Waals surface area contributed by atoms with E-state index in [-0.39, 0.29) is 5.41 Å². The van der Waals surface area contributed by atoms with Crippen LogP contribution in [0.15, 0.2) is 60.7 Å². The van der Waals surface area contributed by atoms with E-state index in [9.17, 15) is 0 Å². The molecule has 0 spiro atoms. The topological polar surface area (TPSA) is 9.23 Å². The van der Waals surface area contributed by atoms with E-state index < -0.39 is 0 Å². The average Bonchev–Trinajstić information content (AvgIpc) is 2.65. The molecule has 2 rings (SSSR count). The minimum atomic E-state index is 0.285. The first-order valence-electron chi connectivity index (χ1n) is 10.6. The minimum Gasteiger partial charge on any atom is -0.493 e. The number of aryl methyl sites for hydroxylation is 2. The number of ether oxygens (including phenoxy) is 1. The van der Waals surface area contributed by atoms with Gasteiger partial charge in [0.25, 0.3) is 0 Å². The third kappa shape index (κ3) is 9.26. The summed E-state index contributed by atoms with van der Waals surface area (Å²) in [6.45, 7) is 20.0. The zero-order valence-corrected chi connectivity index (χ0v) is 19.1. The Balaban J connectivity index is 0.000000307. The van der Waals surface area contributed by atoms with Crippen LogP contribution in [0.3, 0.4) is 0 Å². The van der Waals surface area contributed by atoms with E-state index in [0.29, 0.717) is 5.92 Å². The van der Waals surface area contributed by atoms with Gasteiger partial charge in [0.2, 0.25) is 0 Å². The highest BCUT2D eigenvalue weighted by Gasteiger charge is 2.12. The maximum Gasteiger partial charge on any atom is 0.119 e. The summed E-state index contributed by atoms with van der Waals surface area (Å²) in [6.07, 6.45) is 3.27. The normalized spacial score (nSPS) is 12.0. The van der Waals surface area contributed by atoms with Crippen molar-refractivity contribution in [3.8, 4) is 5.75 Å². The Kier molecular flexibility index (Phi) is 10.1. The standard InChI is InChI=1S/C16H24O.C11H16/c1-5-14-7-9-16(10-8-14)17-12-15(6-2)11-13(3)4;1-9-5-7-10(8-6-9)11(2,3)4/h7-10,15H,3,5-6,11-12H2,1-2,4H3;5-8H,1-4H3. The van der Waals surface area contributed by atoms with Crippen molar-refractivity contribution in [3.63, 3.8) is 0 Å². The molecule has 0 aliphatic heterocycles. The molecule has 1 heteroatoms. The van der Waals surface area contributed by atoms with E-state index in [1.807, 2.05) is 0 Å². The third-order valence-electron chi connectivity index (χ3n) is 4.95. The Morgan fingerprint density at radius 1 is 0.964 bits per heavy atom. The number of allylic oxidation sites excluding steroid dienone is 1. The smallest absolute Gasteiger partial charge is 0.119 e. The van der Waals surface area contributed by atoms with Crippen LogP contribution in [0.4, 0.5) is 0 Å². The Morgan fingerprint density at radius 3 is 1.96 bits per heavy atom. The van der Waals surface area contributed by atoms with Gasteiger partial charge in [-0.05, 0) is 67.7 Å². The Bertz CT molecular complexity index is 687. The van der Waals surface area contributed by atoms with E-state index >= 15 is 0 Å². The molecule has 0 heterocycles. The number of rotatable bonds is 7. The van der Waals surface area contributed by atoms with E-state index in [2.05, 4.69) is 104 Å². The molecule has 1 unspecified atom stereocenters. The van der Waals surface area contributed by atoms with Crippen LogP contribution < -0.4 is 4.74 Å². The molecule has 1 atom stereocenters. The second-order valence-corrected chi connectivity index (χ2v) is 8.86. The first-order valence-corrected chi connectivity index (χ1v) is 10.6. The van der Waals surface area contributed by atoms with Gasteiger partial charge in [0.1, 0.15) is 5.75 Å². The van der Waals surface area contributed by atoms with Crippen molar-refractivity contribution in [1.82, 2.24) is 0 Å². The molecule has 28 heavy (non-hydrogen) atoms. The molecule has 154 valence electrons. The Labute approximate surface area is 173 Å². The quantitative estimate of drug-likeness (QED) is 0.443. The summed E-state index contributed by atoms with van der Waals surface area (Å²) in [5, 5.41) is 0. The van der Waals surface area contributed by atoms with Crippen molar-refractivity contribution >= 4 is 0 Å². The van der Waals surface area contributed by atoms with Crippen LogP contribution in [0, 0.1) is 12.8 Å². The molecule has 0 radical (unpaired) electrons. The highest BCUT2D eigenvalue weighted by Crippen LogP contribution is 2.21. The SMILES string of the molecule is C=C(C)CC(CC)COc1ccc(CC)cc1.Cc1ccc(C(C)(C)C)cc1. The van der Waals surface area contributed by atoms with Crippen molar-refractivity contribution in [2.45, 2.75) is 73.1 Å². The lowest BCUT2D eigenvalue weighted by Gasteiger charge is -2.18. The molecular weight excluding hydrogens is 340 g/mol. The van der Waals surface area contributed by atoms with Gasteiger partial charge < -0.3 is 4.74 Å². The van der Waals surface area contributed by atoms with E-state index in [1.54, 1.807) is 0 Å². The van der Waals surface area contributed by atoms with Gasteiger partial charge >= 0.3 is 0 Å². The van der Waals surface area contributed by atoms with E-state index in [0.717, 1.165) is 31.6 Å². The maximum atomic E-state index is 5.82. The van der Waals surface area contributed by atoms with Crippen LogP contribution in [-0.4, -0.2) is 6.61 Å². The molecule has 0 aliphatic carbocycles. The summed E-state index contributed by atoms with van der Waals surface area (Å²) in [5.74, 6) is 1.56. The summed E-state index contributed by atoms with van der Waals surface area (Å²) >= 11 is 0. The van der Waals surface area contributed by atoms with Crippen LogP contribution in [-0.2, 0) is 11.8 Å². The molecule has 0 saturated heterocycles. The molecule has 0 aromatic heterocycles. The predicted octanol–water partition coefficient (Wildman–Crippen LogP) is 7.91. The van der Waals surface area contributed by atoms with Crippen LogP contribution in [0.5, 0.6) is 5.75 Å². The van der Waals surface area contributed by atoms with Crippen molar-refractivity contribution in [1.29, 1.82) is 0 Å². The Morgan fingerprint density at radius 2 is 1.54 bits per heavy atom. The summed E-state index contributed by atoms with van der Waals surface area (Å²) in [6, 6.07) is 17.1. The number of hydrogen-bond acceptors (Lipinski definition) is 1. The van der Waals surface area contributed by atoms with Crippen molar-refractivity contribution in [2.75, 3.05) is 6.61 Å². The fourth-order valence-electron chi connectivity index (χ4n) is 2.90. The van der Waals surface area contributed by atoms with Crippen LogP contribution in [0.1, 0.15) is 71.1 Å². The molecule has 2 aromatic carbocycles. The Hall–Kier alpha value is -2.02. The van der Waals surface area contributed by atoms with Gasteiger partial charge in [0, 0.05) is 0 Å². The molecule has 0 saturated carbocycles. The molecule has 0 bridgehead atoms. The fourth-order valence-corrected chi connectivity index (χ4v) is 2.90. The minimum absolute atomic E-state index is 0.285. The molecule has 0 aliphatic rings. The van der Waals surface area contributed by atoms with Gasteiger partial charge in [0.15, 0.2) is 0 Å². The number of benzene rings is 2. The van der Waals surface area contributed by atoms with Crippen LogP contribution in [0.2, 0.25) is 0 Å². The van der Waals surface area contributed by atoms with Gasteiger partial charge in [-0.1, -0.05) is 82.2 Å². The van der Waals surface area contributed by atoms with Gasteiger partial charge in [-0.15, -0.1) is 6.58 Å². The van der Waals surface area contributed by atoms with Crippen molar-refractivity contribution < 1.29 is 4.74 Å². The van der Waals surface area contributed by atoms with Gasteiger partial charge in [-0.2, -0.15) is 0 Å². The molecule has 1 nitrogen and oxygen atoms in total. The highest BCUT2D eigenvalue weighted by atomic mass is 16.5. The number of hydrogen-bond donors (Lipinski definition) is 0. The first-order chi connectivity index (χ1) is 13.2. The first kappa shape index (κ1) is 24.0. The molecule has 2 aromatic rings. The lowest BCUT2D eigenvalue weighted by molar-refractivity contribution is 0.243. The average molecular weight is 381 g/mol.